The van der Waals surface area contributed by atoms with Crippen LogP contribution in [0.5, 0.6) is 0 Å². The minimum absolute atomic E-state index is 0.0836. The predicted octanol–water partition coefficient (Wildman–Crippen LogP) is 2.48. The molecule has 0 atom stereocenters. The number of aromatic nitrogens is 3. The van der Waals surface area contributed by atoms with E-state index in [1.807, 2.05) is 0 Å². The Bertz CT molecular complexity index is 548. The Kier molecular flexibility index (Phi) is 2.70. The van der Waals surface area contributed by atoms with Gasteiger partial charge in [-0.05, 0) is 23.8 Å². The number of allylic oxidation sites excluding steroid dienone is 1. The maximum Gasteiger partial charge on any atom is 0.225 e. The molecule has 0 radical (unpaired) electrons. The molecule has 0 aliphatic heterocycles. The molecule has 2 heterocycles. The molecule has 0 spiro atoms. The molecule has 2 aromatic heterocycles. The Balaban J connectivity index is 2.68. The lowest BCUT2D eigenvalue weighted by Gasteiger charge is -1.95. The van der Waals surface area contributed by atoms with Crippen molar-refractivity contribution in [3.05, 3.63) is 28.3 Å². The lowest BCUT2D eigenvalue weighted by molar-refractivity contribution is -0.104. The Morgan fingerprint density at radius 3 is 2.87 bits per heavy atom. The smallest absolute Gasteiger partial charge is 0.225 e. The number of carbonyl (C=O) groups excluding carboxylic acids is 1. The molecular weight excluding hydrogens is 237 g/mol. The number of nitrogens with zero attached hydrogens (tertiary/aromatic N) is 2. The molecule has 0 aliphatic carbocycles. The zero-order valence-electron chi connectivity index (χ0n) is 7.37. The number of carbonyl (C=O) groups is 1. The van der Waals surface area contributed by atoms with Gasteiger partial charge in [-0.3, -0.25) is 4.79 Å². The van der Waals surface area contributed by atoms with Crippen molar-refractivity contribution in [3.63, 3.8) is 0 Å². The molecule has 0 saturated heterocycles. The first kappa shape index (κ1) is 10.1. The van der Waals surface area contributed by atoms with Gasteiger partial charge >= 0.3 is 0 Å². The highest BCUT2D eigenvalue weighted by atomic mass is 35.5. The highest BCUT2D eigenvalue weighted by Crippen LogP contribution is 2.25. The molecule has 76 valence electrons. The third-order valence-corrected chi connectivity index (χ3v) is 2.29. The van der Waals surface area contributed by atoms with E-state index in [0.29, 0.717) is 17.3 Å². The van der Waals surface area contributed by atoms with E-state index in [1.165, 1.54) is 6.08 Å². The second kappa shape index (κ2) is 4.00. The third-order valence-electron chi connectivity index (χ3n) is 1.84. The van der Waals surface area contributed by atoms with Crippen LogP contribution in [0.25, 0.3) is 17.1 Å². The van der Waals surface area contributed by atoms with Gasteiger partial charge in [0.2, 0.25) is 5.28 Å². The minimum atomic E-state index is 0.0836. The second-order valence-corrected chi connectivity index (χ2v) is 3.44. The van der Waals surface area contributed by atoms with Crippen LogP contribution in [-0.2, 0) is 4.79 Å². The average molecular weight is 242 g/mol. The number of nitrogens with one attached hydrogen (secondary N) is 1. The first-order valence-corrected chi connectivity index (χ1v) is 4.80. The zero-order chi connectivity index (χ0) is 10.8. The number of H-pyrrole nitrogens is 1. The van der Waals surface area contributed by atoms with Crippen LogP contribution in [0.2, 0.25) is 10.4 Å². The van der Waals surface area contributed by atoms with Crippen molar-refractivity contribution < 1.29 is 4.79 Å². The lowest BCUT2D eigenvalue weighted by atomic mass is 10.2. The van der Waals surface area contributed by atoms with Gasteiger partial charge in [0, 0.05) is 11.8 Å². The largest absolute Gasteiger partial charge is 0.345 e. The maximum atomic E-state index is 10.2. The van der Waals surface area contributed by atoms with Crippen molar-refractivity contribution in [2.45, 2.75) is 0 Å². The summed E-state index contributed by atoms with van der Waals surface area (Å²) in [4.78, 5) is 20.9. The summed E-state index contributed by atoms with van der Waals surface area (Å²) in [6.45, 7) is 0. The summed E-state index contributed by atoms with van der Waals surface area (Å²) in [6.07, 6.45) is 5.35. The Morgan fingerprint density at radius 2 is 2.13 bits per heavy atom. The van der Waals surface area contributed by atoms with E-state index in [-0.39, 0.29) is 10.4 Å². The summed E-state index contributed by atoms with van der Waals surface area (Å²) in [5.74, 6) is 0. The van der Waals surface area contributed by atoms with Crippen LogP contribution in [-0.4, -0.2) is 21.2 Å². The standard InChI is InChI=1S/C9H5Cl2N3O/c10-7-6-5(2-1-3-15)4-12-8(6)14-9(11)13-7/h1-4H,(H,12,13,14). The van der Waals surface area contributed by atoms with Crippen molar-refractivity contribution in [3.8, 4) is 0 Å². The molecule has 0 saturated carbocycles. The van der Waals surface area contributed by atoms with Gasteiger partial charge < -0.3 is 4.98 Å². The summed E-state index contributed by atoms with van der Waals surface area (Å²) in [6, 6.07) is 0. The van der Waals surface area contributed by atoms with Crippen molar-refractivity contribution >= 4 is 46.6 Å². The van der Waals surface area contributed by atoms with Crippen molar-refractivity contribution in [2.24, 2.45) is 0 Å². The van der Waals surface area contributed by atoms with Crippen molar-refractivity contribution in [2.75, 3.05) is 0 Å². The van der Waals surface area contributed by atoms with E-state index in [9.17, 15) is 4.79 Å². The van der Waals surface area contributed by atoms with Gasteiger partial charge in [0.05, 0.1) is 5.39 Å². The first-order valence-electron chi connectivity index (χ1n) is 4.04. The number of halogens is 2. The molecule has 0 aliphatic rings. The zero-order valence-corrected chi connectivity index (χ0v) is 8.88. The lowest BCUT2D eigenvalue weighted by Crippen LogP contribution is -1.85. The van der Waals surface area contributed by atoms with E-state index in [0.717, 1.165) is 5.56 Å². The molecule has 0 fully saturated rings. The van der Waals surface area contributed by atoms with Crippen LogP contribution in [0, 0.1) is 0 Å². The Hall–Kier alpha value is -1.39. The van der Waals surface area contributed by atoms with E-state index in [1.54, 1.807) is 12.3 Å². The van der Waals surface area contributed by atoms with Crippen LogP contribution in [0.1, 0.15) is 5.56 Å². The van der Waals surface area contributed by atoms with Crippen molar-refractivity contribution in [1.29, 1.82) is 0 Å². The van der Waals surface area contributed by atoms with Crippen LogP contribution in [0.3, 0.4) is 0 Å². The molecule has 0 bridgehead atoms. The Labute approximate surface area is 94.9 Å². The molecule has 0 unspecified atom stereocenters. The molecule has 4 nitrogen and oxygen atoms in total. The molecule has 2 aromatic rings. The van der Waals surface area contributed by atoms with Gasteiger partial charge in [0.25, 0.3) is 0 Å². The predicted molar refractivity (Wildman–Crippen MR) is 59.0 cm³/mol. The summed E-state index contributed by atoms with van der Waals surface area (Å²) in [5.41, 5.74) is 1.30. The molecular formula is C9H5Cl2N3O. The van der Waals surface area contributed by atoms with Crippen LogP contribution >= 0.6 is 23.2 Å². The fourth-order valence-electron chi connectivity index (χ4n) is 1.26. The second-order valence-electron chi connectivity index (χ2n) is 2.75. The quantitative estimate of drug-likeness (QED) is 0.381. The average Bonchev–Trinajstić information content (AvgIpc) is 2.58. The summed E-state index contributed by atoms with van der Waals surface area (Å²) < 4.78 is 0. The van der Waals surface area contributed by atoms with E-state index >= 15 is 0 Å². The molecule has 15 heavy (non-hydrogen) atoms. The molecule has 2 rings (SSSR count). The summed E-state index contributed by atoms with van der Waals surface area (Å²) >= 11 is 11.5. The highest BCUT2D eigenvalue weighted by Gasteiger charge is 2.09. The number of fused-ring (bicyclic) bond motifs is 1. The molecule has 6 heteroatoms. The SMILES string of the molecule is O=CC=Cc1c[nH]c2nc(Cl)nc(Cl)c12. The number of hydrogen-bond donors (Lipinski definition) is 1. The highest BCUT2D eigenvalue weighted by molar-refractivity contribution is 6.36. The molecule has 1 N–H and O–H groups in total. The maximum absolute atomic E-state index is 10.2. The van der Waals surface area contributed by atoms with Gasteiger partial charge in [-0.1, -0.05) is 11.6 Å². The molecule has 0 aromatic carbocycles. The topological polar surface area (TPSA) is 58.6 Å². The first-order chi connectivity index (χ1) is 7.22. The van der Waals surface area contributed by atoms with Gasteiger partial charge in [-0.25, -0.2) is 4.98 Å². The number of aldehydes is 1. The van der Waals surface area contributed by atoms with Crippen LogP contribution < -0.4 is 0 Å². The fraction of sp³-hybridized carbons (Fsp3) is 0. The van der Waals surface area contributed by atoms with Gasteiger partial charge in [0.1, 0.15) is 17.1 Å². The van der Waals surface area contributed by atoms with Gasteiger partial charge in [-0.2, -0.15) is 4.98 Å². The number of hydrogen-bond acceptors (Lipinski definition) is 3. The third kappa shape index (κ3) is 1.86. The van der Waals surface area contributed by atoms with E-state index < -0.39 is 0 Å². The monoisotopic (exact) mass is 241 g/mol. The fourth-order valence-corrected chi connectivity index (χ4v) is 1.75. The Morgan fingerprint density at radius 1 is 1.33 bits per heavy atom. The minimum Gasteiger partial charge on any atom is -0.345 e. The van der Waals surface area contributed by atoms with E-state index in [4.69, 9.17) is 23.2 Å². The van der Waals surface area contributed by atoms with Crippen LogP contribution in [0.15, 0.2) is 12.3 Å². The van der Waals surface area contributed by atoms with Crippen molar-refractivity contribution in [1.82, 2.24) is 15.0 Å². The van der Waals surface area contributed by atoms with Gasteiger partial charge in [-0.15, -0.1) is 0 Å². The van der Waals surface area contributed by atoms with Crippen LogP contribution in [0.4, 0.5) is 0 Å². The van der Waals surface area contributed by atoms with E-state index in [2.05, 4.69) is 15.0 Å². The van der Waals surface area contributed by atoms with Gasteiger partial charge in [0.15, 0.2) is 0 Å². The number of aromatic amines is 1. The number of rotatable bonds is 2. The molecule has 0 amide bonds. The summed E-state index contributed by atoms with van der Waals surface area (Å²) in [7, 11) is 0. The summed E-state index contributed by atoms with van der Waals surface area (Å²) in [5, 5.41) is 0.997. The normalized spacial score (nSPS) is 11.3.